The van der Waals surface area contributed by atoms with Crippen molar-refractivity contribution in [3.63, 3.8) is 0 Å². The third-order valence-corrected chi connectivity index (χ3v) is 4.76. The molecular formula is C10H13ClN4OS2. The van der Waals surface area contributed by atoms with Gasteiger partial charge in [-0.2, -0.15) is 10.2 Å². The van der Waals surface area contributed by atoms with Gasteiger partial charge in [-0.25, -0.2) is 9.62 Å². The highest BCUT2D eigenvalue weighted by Crippen LogP contribution is 2.31. The Morgan fingerprint density at radius 3 is 2.94 bits per heavy atom. The molecule has 1 fully saturated rings. The van der Waals surface area contributed by atoms with Gasteiger partial charge in [0.05, 0.1) is 10.7 Å². The lowest BCUT2D eigenvalue weighted by atomic mass is 10.3. The molecule has 1 saturated heterocycles. The van der Waals surface area contributed by atoms with Crippen LogP contribution in [0.5, 0.6) is 5.75 Å². The van der Waals surface area contributed by atoms with Gasteiger partial charge in [-0.3, -0.25) is 0 Å². The Morgan fingerprint density at radius 2 is 2.33 bits per heavy atom. The van der Waals surface area contributed by atoms with E-state index in [-0.39, 0.29) is 21.8 Å². The van der Waals surface area contributed by atoms with Crippen molar-refractivity contribution in [1.82, 2.24) is 9.62 Å². The first-order valence-corrected chi connectivity index (χ1v) is 7.71. The Kier molecular flexibility index (Phi) is 4.74. The van der Waals surface area contributed by atoms with E-state index in [1.54, 1.807) is 23.9 Å². The van der Waals surface area contributed by atoms with Crippen molar-refractivity contribution in [1.29, 1.82) is 0 Å². The number of thioether (sulfide) groups is 1. The van der Waals surface area contributed by atoms with Gasteiger partial charge in [0.1, 0.15) is 11.2 Å². The van der Waals surface area contributed by atoms with Crippen molar-refractivity contribution in [2.24, 2.45) is 10.2 Å². The van der Waals surface area contributed by atoms with Crippen LogP contribution in [0.25, 0.3) is 0 Å². The molecule has 2 unspecified atom stereocenters. The molecule has 1 aromatic rings. The van der Waals surface area contributed by atoms with E-state index >= 15 is 0 Å². The fraction of sp³-hybridized carbons (Fsp3) is 0.400. The SMILES string of the molecule is CSC1NSC(/N=N/c2ccc(O)c(Cl)c2)N1C. The number of halogens is 1. The average Bonchev–Trinajstić information content (AvgIpc) is 2.72. The molecule has 98 valence electrons. The summed E-state index contributed by atoms with van der Waals surface area (Å²) in [7, 11) is 1.99. The summed E-state index contributed by atoms with van der Waals surface area (Å²) in [5.41, 5.74) is 0.803. The van der Waals surface area contributed by atoms with Gasteiger partial charge in [-0.05, 0) is 43.5 Å². The van der Waals surface area contributed by atoms with Gasteiger partial charge in [-0.1, -0.05) is 11.6 Å². The van der Waals surface area contributed by atoms with Crippen LogP contribution in [0.3, 0.4) is 0 Å². The number of azo groups is 1. The molecule has 2 atom stereocenters. The highest BCUT2D eigenvalue weighted by molar-refractivity contribution is 8.02. The number of hydrogen-bond donors (Lipinski definition) is 2. The van der Waals surface area contributed by atoms with Crippen LogP contribution in [0, 0.1) is 0 Å². The van der Waals surface area contributed by atoms with E-state index in [9.17, 15) is 5.11 Å². The molecule has 0 bridgehead atoms. The smallest absolute Gasteiger partial charge is 0.186 e. The van der Waals surface area contributed by atoms with E-state index in [4.69, 9.17) is 11.6 Å². The van der Waals surface area contributed by atoms with E-state index in [0.29, 0.717) is 5.69 Å². The molecule has 2 rings (SSSR count). The summed E-state index contributed by atoms with van der Waals surface area (Å²) in [5.74, 6) is 0.0482. The number of phenolic OH excluding ortho intramolecular Hbond substituents is 1. The van der Waals surface area contributed by atoms with Gasteiger partial charge in [0.15, 0.2) is 5.50 Å². The normalized spacial score (nSPS) is 25.1. The summed E-state index contributed by atoms with van der Waals surface area (Å²) in [4.78, 5) is 2.08. The maximum absolute atomic E-state index is 9.30. The van der Waals surface area contributed by atoms with Crippen LogP contribution >= 0.6 is 35.3 Å². The highest BCUT2D eigenvalue weighted by atomic mass is 35.5. The molecule has 1 aromatic carbocycles. The first-order chi connectivity index (χ1) is 8.61. The number of nitrogens with one attached hydrogen (secondary N) is 1. The van der Waals surface area contributed by atoms with Gasteiger partial charge < -0.3 is 5.11 Å². The maximum Gasteiger partial charge on any atom is 0.186 e. The molecule has 5 nitrogen and oxygen atoms in total. The van der Waals surface area contributed by atoms with E-state index in [1.165, 1.54) is 18.0 Å². The van der Waals surface area contributed by atoms with E-state index in [0.717, 1.165) is 0 Å². The Morgan fingerprint density at radius 1 is 1.56 bits per heavy atom. The summed E-state index contributed by atoms with van der Waals surface area (Å²) >= 11 is 9.03. The molecule has 18 heavy (non-hydrogen) atoms. The van der Waals surface area contributed by atoms with Crippen molar-refractivity contribution in [3.05, 3.63) is 23.2 Å². The van der Waals surface area contributed by atoms with Crippen LogP contribution in [-0.2, 0) is 0 Å². The summed E-state index contributed by atoms with van der Waals surface area (Å²) in [6, 6.07) is 4.76. The van der Waals surface area contributed by atoms with Crippen molar-refractivity contribution in [3.8, 4) is 5.75 Å². The second-order valence-corrected chi connectivity index (χ2v) is 5.88. The number of hydrogen-bond acceptors (Lipinski definition) is 7. The molecular weight excluding hydrogens is 292 g/mol. The Hall–Kier alpha value is -0.470. The molecule has 1 aliphatic heterocycles. The van der Waals surface area contributed by atoms with Crippen molar-refractivity contribution < 1.29 is 5.11 Å². The van der Waals surface area contributed by atoms with Crippen LogP contribution < -0.4 is 4.72 Å². The standard InChI is InChI=1S/C10H13ClN4OS2/c1-15-9(18-14-10(15)17-2)13-12-6-3-4-8(16)7(11)5-6/h3-5,9-10,14,16H,1-2H3/b13-12+. The fourth-order valence-corrected chi connectivity index (χ4v) is 3.43. The van der Waals surface area contributed by atoms with E-state index in [1.807, 2.05) is 13.3 Å². The fourth-order valence-electron chi connectivity index (χ4n) is 1.39. The van der Waals surface area contributed by atoms with Crippen LogP contribution in [0.2, 0.25) is 5.02 Å². The number of aromatic hydroxyl groups is 1. The Balaban J connectivity index is 2.05. The molecule has 8 heteroatoms. The van der Waals surface area contributed by atoms with Gasteiger partial charge in [0.25, 0.3) is 0 Å². The Bertz CT molecular complexity index is 460. The first kappa shape index (κ1) is 14.0. The number of phenols is 1. The summed E-state index contributed by atoms with van der Waals surface area (Å²) < 4.78 is 3.25. The lowest BCUT2D eigenvalue weighted by Gasteiger charge is -2.17. The van der Waals surface area contributed by atoms with Gasteiger partial charge in [0, 0.05) is 0 Å². The average molecular weight is 305 g/mol. The zero-order chi connectivity index (χ0) is 13.1. The first-order valence-electron chi connectivity index (χ1n) is 5.17. The summed E-state index contributed by atoms with van der Waals surface area (Å²) in [6.07, 6.45) is 2.04. The van der Waals surface area contributed by atoms with Crippen LogP contribution in [0.15, 0.2) is 28.4 Å². The van der Waals surface area contributed by atoms with E-state index in [2.05, 4.69) is 19.9 Å². The molecule has 0 radical (unpaired) electrons. The van der Waals surface area contributed by atoms with Crippen LogP contribution in [0.1, 0.15) is 0 Å². The zero-order valence-corrected chi connectivity index (χ0v) is 12.3. The summed E-state index contributed by atoms with van der Waals surface area (Å²) in [6.45, 7) is 0. The predicted octanol–water partition coefficient (Wildman–Crippen LogP) is 3.24. The van der Waals surface area contributed by atoms with E-state index < -0.39 is 0 Å². The summed E-state index contributed by atoms with van der Waals surface area (Å²) in [5, 5.41) is 17.9. The molecule has 0 saturated carbocycles. The monoisotopic (exact) mass is 304 g/mol. The third-order valence-electron chi connectivity index (χ3n) is 2.42. The zero-order valence-electron chi connectivity index (χ0n) is 9.87. The molecule has 0 spiro atoms. The Labute approximate surface area is 119 Å². The quantitative estimate of drug-likeness (QED) is 0.663. The number of benzene rings is 1. The predicted molar refractivity (Wildman–Crippen MR) is 77.2 cm³/mol. The molecule has 1 heterocycles. The minimum Gasteiger partial charge on any atom is -0.506 e. The van der Waals surface area contributed by atoms with Gasteiger partial charge >= 0.3 is 0 Å². The second kappa shape index (κ2) is 6.12. The van der Waals surface area contributed by atoms with Crippen molar-refractivity contribution in [2.75, 3.05) is 13.3 Å². The van der Waals surface area contributed by atoms with Crippen molar-refractivity contribution in [2.45, 2.75) is 11.0 Å². The van der Waals surface area contributed by atoms with Crippen LogP contribution in [0.4, 0.5) is 5.69 Å². The highest BCUT2D eigenvalue weighted by Gasteiger charge is 2.30. The molecule has 0 aromatic heterocycles. The molecule has 2 N–H and O–H groups in total. The second-order valence-electron chi connectivity index (χ2n) is 3.67. The van der Waals surface area contributed by atoms with Gasteiger partial charge in [-0.15, -0.1) is 11.8 Å². The lowest BCUT2D eigenvalue weighted by molar-refractivity contribution is 0.313. The minimum absolute atomic E-state index is 0.0482. The maximum atomic E-state index is 9.30. The topological polar surface area (TPSA) is 60.2 Å². The van der Waals surface area contributed by atoms with Gasteiger partial charge in [0.2, 0.25) is 0 Å². The third kappa shape index (κ3) is 3.10. The lowest BCUT2D eigenvalue weighted by Crippen LogP contribution is -2.31. The molecule has 0 aliphatic carbocycles. The minimum atomic E-state index is -0.0602. The van der Waals surface area contributed by atoms with Crippen LogP contribution in [-0.4, -0.2) is 34.3 Å². The molecule has 1 aliphatic rings. The molecule has 0 amide bonds. The largest absolute Gasteiger partial charge is 0.506 e. The van der Waals surface area contributed by atoms with Crippen molar-refractivity contribution >= 4 is 41.0 Å². The number of rotatable bonds is 3. The number of nitrogens with zero attached hydrogens (tertiary/aromatic N) is 3.